The van der Waals surface area contributed by atoms with E-state index >= 15 is 0 Å². The number of methoxy groups -OCH3 is 1. The Morgan fingerprint density at radius 1 is 1.06 bits per heavy atom. The van der Waals surface area contributed by atoms with Crippen LogP contribution in [0.1, 0.15) is 47.2 Å². The zero-order valence-electron chi connectivity index (χ0n) is 18.6. The van der Waals surface area contributed by atoms with Gasteiger partial charge in [0, 0.05) is 18.7 Å². The second-order valence-electron chi connectivity index (χ2n) is 7.67. The molecule has 1 fully saturated rings. The summed E-state index contributed by atoms with van der Waals surface area (Å²) >= 11 is 6.66. The number of rotatable bonds is 9. The van der Waals surface area contributed by atoms with Crippen molar-refractivity contribution in [3.63, 3.8) is 0 Å². The predicted octanol–water partition coefficient (Wildman–Crippen LogP) is 5.18. The SMILES string of the molecule is COC(=O)c1ccc(/C=C2\SC(=S)N(CCCCCC(=O)Nc3ccc(C)cc3)C2=O)cc1. The van der Waals surface area contributed by atoms with Gasteiger partial charge in [0.2, 0.25) is 5.91 Å². The lowest BCUT2D eigenvalue weighted by Crippen LogP contribution is -2.29. The first-order valence-electron chi connectivity index (χ1n) is 10.7. The lowest BCUT2D eigenvalue weighted by atomic mass is 10.1. The van der Waals surface area contributed by atoms with Crippen molar-refractivity contribution in [3.8, 4) is 0 Å². The number of carbonyl (C=O) groups excluding carboxylic acids is 3. The lowest BCUT2D eigenvalue weighted by Gasteiger charge is -2.14. The molecule has 2 aromatic rings. The highest BCUT2D eigenvalue weighted by Crippen LogP contribution is 2.32. The molecule has 0 atom stereocenters. The normalized spacial score (nSPS) is 14.6. The summed E-state index contributed by atoms with van der Waals surface area (Å²) in [5.74, 6) is -0.523. The molecule has 1 N–H and O–H groups in total. The van der Waals surface area contributed by atoms with Crippen molar-refractivity contribution in [2.45, 2.75) is 32.6 Å². The van der Waals surface area contributed by atoms with Crippen LogP contribution in [-0.4, -0.2) is 40.7 Å². The largest absolute Gasteiger partial charge is 0.465 e. The van der Waals surface area contributed by atoms with Crippen LogP contribution in [0.25, 0.3) is 6.08 Å². The van der Waals surface area contributed by atoms with E-state index in [4.69, 9.17) is 17.0 Å². The van der Waals surface area contributed by atoms with Gasteiger partial charge in [-0.1, -0.05) is 60.2 Å². The van der Waals surface area contributed by atoms with Gasteiger partial charge in [0.1, 0.15) is 4.32 Å². The number of benzene rings is 2. The number of nitrogens with zero attached hydrogens (tertiary/aromatic N) is 1. The number of aryl methyl sites for hydroxylation is 1. The van der Waals surface area contributed by atoms with Gasteiger partial charge in [0.25, 0.3) is 5.91 Å². The van der Waals surface area contributed by atoms with Gasteiger partial charge in [-0.05, 0) is 55.7 Å². The van der Waals surface area contributed by atoms with Crippen LogP contribution >= 0.6 is 24.0 Å². The summed E-state index contributed by atoms with van der Waals surface area (Å²) in [6, 6.07) is 14.6. The maximum atomic E-state index is 12.8. The van der Waals surface area contributed by atoms with E-state index in [1.165, 1.54) is 18.9 Å². The third kappa shape index (κ3) is 7.00. The number of hydrogen-bond donors (Lipinski definition) is 1. The molecule has 0 spiro atoms. The summed E-state index contributed by atoms with van der Waals surface area (Å²) in [6.07, 6.45) is 4.55. The van der Waals surface area contributed by atoms with Crippen LogP contribution in [-0.2, 0) is 14.3 Å². The Morgan fingerprint density at radius 2 is 1.76 bits per heavy atom. The number of ether oxygens (including phenoxy) is 1. The molecular formula is C25H26N2O4S2. The van der Waals surface area contributed by atoms with Gasteiger partial charge in [-0.25, -0.2) is 4.79 Å². The highest BCUT2D eigenvalue weighted by atomic mass is 32.2. The lowest BCUT2D eigenvalue weighted by molar-refractivity contribution is -0.122. The maximum Gasteiger partial charge on any atom is 0.337 e. The molecular weight excluding hydrogens is 456 g/mol. The number of esters is 1. The average Bonchev–Trinajstić information content (AvgIpc) is 3.07. The number of thioether (sulfide) groups is 1. The molecule has 2 amide bonds. The highest BCUT2D eigenvalue weighted by molar-refractivity contribution is 8.26. The van der Waals surface area contributed by atoms with Gasteiger partial charge in [-0.15, -0.1) is 0 Å². The van der Waals surface area contributed by atoms with Crippen molar-refractivity contribution >= 4 is 57.8 Å². The van der Waals surface area contributed by atoms with E-state index in [0.29, 0.717) is 27.8 Å². The first kappa shape index (κ1) is 24.7. The standard InChI is InChI=1S/C25H26N2O4S2/c1-17-7-13-20(14-8-17)26-22(28)6-4-3-5-15-27-23(29)21(33-25(27)32)16-18-9-11-19(12-10-18)24(30)31-2/h7-14,16H,3-6,15H2,1-2H3,(H,26,28)/b21-16-. The number of hydrogen-bond acceptors (Lipinski definition) is 6. The second-order valence-corrected chi connectivity index (χ2v) is 9.35. The van der Waals surface area contributed by atoms with E-state index in [2.05, 4.69) is 5.32 Å². The van der Waals surface area contributed by atoms with E-state index in [-0.39, 0.29) is 11.8 Å². The molecule has 6 nitrogen and oxygen atoms in total. The van der Waals surface area contributed by atoms with Gasteiger partial charge in [-0.3, -0.25) is 14.5 Å². The zero-order chi connectivity index (χ0) is 23.8. The molecule has 0 unspecified atom stereocenters. The van der Waals surface area contributed by atoms with E-state index in [9.17, 15) is 14.4 Å². The van der Waals surface area contributed by atoms with Crippen molar-refractivity contribution in [3.05, 3.63) is 70.1 Å². The van der Waals surface area contributed by atoms with Crippen molar-refractivity contribution < 1.29 is 19.1 Å². The molecule has 172 valence electrons. The third-order valence-corrected chi connectivity index (χ3v) is 6.50. The third-order valence-electron chi connectivity index (χ3n) is 5.12. The Labute approximate surface area is 203 Å². The Morgan fingerprint density at radius 3 is 2.42 bits per heavy atom. The summed E-state index contributed by atoms with van der Waals surface area (Å²) in [4.78, 5) is 38.5. The van der Waals surface area contributed by atoms with Gasteiger partial charge >= 0.3 is 5.97 Å². The predicted molar refractivity (Wildman–Crippen MR) is 136 cm³/mol. The van der Waals surface area contributed by atoms with Crippen LogP contribution in [0.4, 0.5) is 5.69 Å². The van der Waals surface area contributed by atoms with E-state index in [1.54, 1.807) is 35.2 Å². The zero-order valence-corrected chi connectivity index (χ0v) is 20.3. The van der Waals surface area contributed by atoms with E-state index in [0.717, 1.165) is 36.1 Å². The molecule has 1 aliphatic heterocycles. The van der Waals surface area contributed by atoms with Crippen LogP contribution in [0.3, 0.4) is 0 Å². The molecule has 0 saturated carbocycles. The van der Waals surface area contributed by atoms with E-state index < -0.39 is 5.97 Å². The topological polar surface area (TPSA) is 75.7 Å². The summed E-state index contributed by atoms with van der Waals surface area (Å²) in [6.45, 7) is 2.53. The minimum absolute atomic E-state index is 0.00869. The van der Waals surface area contributed by atoms with Crippen LogP contribution in [0.5, 0.6) is 0 Å². The molecule has 1 heterocycles. The Bertz CT molecular complexity index is 1060. The van der Waals surface area contributed by atoms with Crippen LogP contribution in [0.2, 0.25) is 0 Å². The Hall–Kier alpha value is -2.97. The molecule has 0 radical (unpaired) electrons. The molecule has 3 rings (SSSR count). The van der Waals surface area contributed by atoms with Gasteiger partial charge < -0.3 is 10.1 Å². The van der Waals surface area contributed by atoms with Crippen molar-refractivity contribution in [2.24, 2.45) is 0 Å². The number of carbonyl (C=O) groups is 3. The monoisotopic (exact) mass is 482 g/mol. The molecule has 2 aromatic carbocycles. The summed E-state index contributed by atoms with van der Waals surface area (Å²) in [5, 5.41) is 2.90. The summed E-state index contributed by atoms with van der Waals surface area (Å²) in [7, 11) is 1.34. The van der Waals surface area contributed by atoms with Gasteiger partial charge in [0.05, 0.1) is 17.6 Å². The highest BCUT2D eigenvalue weighted by Gasteiger charge is 2.31. The van der Waals surface area contributed by atoms with E-state index in [1.807, 2.05) is 31.2 Å². The Balaban J connectivity index is 1.43. The quantitative estimate of drug-likeness (QED) is 0.230. The molecule has 1 aliphatic rings. The average molecular weight is 483 g/mol. The van der Waals surface area contributed by atoms with Crippen molar-refractivity contribution in [1.82, 2.24) is 4.90 Å². The molecule has 0 aromatic heterocycles. The first-order chi connectivity index (χ1) is 15.9. The number of anilines is 1. The number of unbranched alkanes of at least 4 members (excludes halogenated alkanes) is 2. The first-order valence-corrected chi connectivity index (χ1v) is 11.9. The smallest absolute Gasteiger partial charge is 0.337 e. The minimum atomic E-state index is -0.402. The summed E-state index contributed by atoms with van der Waals surface area (Å²) < 4.78 is 5.23. The minimum Gasteiger partial charge on any atom is -0.465 e. The van der Waals surface area contributed by atoms with Crippen molar-refractivity contribution in [1.29, 1.82) is 0 Å². The molecule has 0 aliphatic carbocycles. The fraction of sp³-hybridized carbons (Fsp3) is 0.280. The van der Waals surface area contributed by atoms with Crippen LogP contribution in [0, 0.1) is 6.92 Å². The van der Waals surface area contributed by atoms with Gasteiger partial charge in [0.15, 0.2) is 0 Å². The number of nitrogens with one attached hydrogen (secondary N) is 1. The molecule has 8 heteroatoms. The van der Waals surface area contributed by atoms with Gasteiger partial charge in [-0.2, -0.15) is 0 Å². The fourth-order valence-corrected chi connectivity index (χ4v) is 4.58. The fourth-order valence-electron chi connectivity index (χ4n) is 3.27. The Kier molecular flexibility index (Phi) is 8.79. The maximum absolute atomic E-state index is 12.8. The second kappa shape index (κ2) is 11.8. The molecule has 33 heavy (non-hydrogen) atoms. The number of amides is 2. The molecule has 1 saturated heterocycles. The summed E-state index contributed by atoms with van der Waals surface area (Å²) in [5.41, 5.74) is 3.21. The van der Waals surface area contributed by atoms with Crippen LogP contribution < -0.4 is 5.32 Å². The van der Waals surface area contributed by atoms with Crippen molar-refractivity contribution in [2.75, 3.05) is 19.0 Å². The number of thiocarbonyl (C=S) groups is 1. The molecule has 0 bridgehead atoms. The van der Waals surface area contributed by atoms with Crippen LogP contribution in [0.15, 0.2) is 53.4 Å².